The summed E-state index contributed by atoms with van der Waals surface area (Å²) in [5.41, 5.74) is -2.00. The molecule has 0 aliphatic rings. The molecule has 2 aromatic carbocycles. The van der Waals surface area contributed by atoms with Gasteiger partial charge in [-0.05, 0) is 28.2 Å². The third-order valence-corrected chi connectivity index (χ3v) is 6.72. The van der Waals surface area contributed by atoms with Crippen molar-refractivity contribution in [3.63, 3.8) is 0 Å². The molecule has 0 aromatic heterocycles. The van der Waals surface area contributed by atoms with E-state index in [0.717, 1.165) is 22.9 Å². The Kier molecular flexibility index (Phi) is 12.5. The number of rotatable bonds is 6. The average Bonchev–Trinajstić information content (AvgIpc) is 2.53. The molecule has 0 atom stereocenters. The molecule has 2 aromatic rings. The topological polar surface area (TPSA) is 63.2 Å². The number of thioether (sulfide) groups is 1. The number of hydrogen-bond acceptors (Lipinski definition) is 4. The third-order valence-electron chi connectivity index (χ3n) is 4.06. The molecule has 0 N–H and O–H groups in total. The molecule has 0 unspecified atom stereocenters. The number of benzene rings is 2. The van der Waals surface area contributed by atoms with Crippen LogP contribution in [-0.2, 0) is 27.1 Å². The van der Waals surface area contributed by atoms with E-state index in [-0.39, 0.29) is 69.0 Å². The first-order chi connectivity index (χ1) is 12.3. The predicted molar refractivity (Wildman–Crippen MR) is 106 cm³/mol. The van der Waals surface area contributed by atoms with Crippen molar-refractivity contribution in [3.05, 3.63) is 69.2 Å². The fraction of sp³-hybridized carbons (Fsp3) is 0.368. The quantitative estimate of drug-likeness (QED) is 0.366. The van der Waals surface area contributed by atoms with E-state index in [1.165, 1.54) is 17.7 Å². The molecular formula is C19H20BrF2Na2O3PS. The van der Waals surface area contributed by atoms with Crippen LogP contribution in [0.1, 0.15) is 43.0 Å². The van der Waals surface area contributed by atoms with E-state index in [9.17, 15) is 23.1 Å². The summed E-state index contributed by atoms with van der Waals surface area (Å²) in [6.07, 6.45) is 0. The van der Waals surface area contributed by atoms with Crippen LogP contribution in [0.4, 0.5) is 8.78 Å². The predicted octanol–water partition coefficient (Wildman–Crippen LogP) is -0.849. The number of hydrogen-bond donors (Lipinski definition) is 0. The molecule has 0 saturated heterocycles. The molecule has 0 amide bonds. The second-order valence-electron chi connectivity index (χ2n) is 7.29. The Labute approximate surface area is 227 Å². The van der Waals surface area contributed by atoms with E-state index in [1.807, 2.05) is 0 Å². The van der Waals surface area contributed by atoms with E-state index in [2.05, 4.69) is 61.0 Å². The van der Waals surface area contributed by atoms with E-state index in [4.69, 9.17) is 0 Å². The van der Waals surface area contributed by atoms with Gasteiger partial charge in [0.15, 0.2) is 0 Å². The van der Waals surface area contributed by atoms with Crippen LogP contribution in [0.3, 0.4) is 0 Å². The normalized spacial score (nSPS) is 12.1. The molecule has 29 heavy (non-hydrogen) atoms. The summed E-state index contributed by atoms with van der Waals surface area (Å²) in [5.74, 6) is 1.33. The first kappa shape index (κ1) is 30.3. The van der Waals surface area contributed by atoms with Gasteiger partial charge in [0.25, 0.3) is 5.66 Å². The molecule has 0 aliphatic carbocycles. The van der Waals surface area contributed by atoms with Crippen molar-refractivity contribution in [2.75, 3.05) is 0 Å². The zero-order valence-corrected chi connectivity index (χ0v) is 24.5. The largest absolute Gasteiger partial charge is 1.00 e. The SMILES string of the molecule is CC(C)(C)c1ccc(CSCc2ccc(C(F)(F)P(=O)([O-])[O-])c(Br)c2)cc1.[Na+].[Na+]. The van der Waals surface area contributed by atoms with Gasteiger partial charge in [-0.1, -0.05) is 73.1 Å². The third kappa shape index (κ3) is 8.29. The fourth-order valence-electron chi connectivity index (χ4n) is 2.43. The average molecular weight is 523 g/mol. The zero-order valence-electron chi connectivity index (χ0n) is 17.2. The molecule has 0 aliphatic heterocycles. The molecule has 0 spiro atoms. The van der Waals surface area contributed by atoms with Crippen molar-refractivity contribution in [2.45, 2.75) is 43.4 Å². The van der Waals surface area contributed by atoms with Crippen molar-refractivity contribution in [1.29, 1.82) is 0 Å². The summed E-state index contributed by atoms with van der Waals surface area (Å²) in [4.78, 5) is 21.6. The summed E-state index contributed by atoms with van der Waals surface area (Å²) in [6.45, 7) is 6.46. The first-order valence-electron chi connectivity index (χ1n) is 8.18. The summed E-state index contributed by atoms with van der Waals surface area (Å²) in [5, 5.41) is 0. The number of alkyl halides is 2. The summed E-state index contributed by atoms with van der Waals surface area (Å²) in [7, 11) is -6.08. The van der Waals surface area contributed by atoms with Gasteiger partial charge in [-0.3, -0.25) is 0 Å². The summed E-state index contributed by atoms with van der Waals surface area (Å²) >= 11 is 4.56. The summed E-state index contributed by atoms with van der Waals surface area (Å²) < 4.78 is 38.2. The van der Waals surface area contributed by atoms with Crippen molar-refractivity contribution < 1.29 is 82.2 Å². The Balaban J connectivity index is 0.00000392. The minimum atomic E-state index is -6.08. The Morgan fingerprint density at radius 2 is 1.45 bits per heavy atom. The molecule has 0 heterocycles. The van der Waals surface area contributed by atoms with Crippen LogP contribution in [0.5, 0.6) is 0 Å². The molecule has 2 rings (SSSR count). The van der Waals surface area contributed by atoms with Gasteiger partial charge in [0.2, 0.25) is 0 Å². The minimum Gasteiger partial charge on any atom is -0.806 e. The van der Waals surface area contributed by atoms with Gasteiger partial charge in [-0.25, -0.2) is 0 Å². The fourth-order valence-corrected chi connectivity index (χ4v) is 4.69. The molecule has 10 heteroatoms. The van der Waals surface area contributed by atoms with E-state index >= 15 is 0 Å². The van der Waals surface area contributed by atoms with Gasteiger partial charge in [0.05, 0.1) is 0 Å². The van der Waals surface area contributed by atoms with Gasteiger partial charge in [-0.2, -0.15) is 20.5 Å². The molecule has 3 nitrogen and oxygen atoms in total. The van der Waals surface area contributed by atoms with Crippen LogP contribution in [-0.4, -0.2) is 0 Å². The van der Waals surface area contributed by atoms with Crippen LogP contribution in [0.2, 0.25) is 0 Å². The van der Waals surface area contributed by atoms with Crippen molar-refractivity contribution in [2.24, 2.45) is 0 Å². The molecule has 0 bridgehead atoms. The Morgan fingerprint density at radius 3 is 1.90 bits per heavy atom. The zero-order chi connectivity index (χ0) is 20.5. The van der Waals surface area contributed by atoms with Crippen LogP contribution in [0.25, 0.3) is 0 Å². The van der Waals surface area contributed by atoms with Gasteiger partial charge >= 0.3 is 59.1 Å². The van der Waals surface area contributed by atoms with Gasteiger partial charge in [0.1, 0.15) is 0 Å². The second kappa shape index (κ2) is 11.9. The van der Waals surface area contributed by atoms with E-state index < -0.39 is 18.8 Å². The Morgan fingerprint density at radius 1 is 0.966 bits per heavy atom. The van der Waals surface area contributed by atoms with Crippen LogP contribution in [0.15, 0.2) is 46.9 Å². The van der Waals surface area contributed by atoms with Crippen molar-refractivity contribution in [1.82, 2.24) is 0 Å². The van der Waals surface area contributed by atoms with Crippen molar-refractivity contribution >= 4 is 35.3 Å². The smallest absolute Gasteiger partial charge is 0.806 e. The van der Waals surface area contributed by atoms with E-state index in [0.29, 0.717) is 5.75 Å². The molecule has 148 valence electrons. The number of halogens is 3. The summed E-state index contributed by atoms with van der Waals surface area (Å²) in [6, 6.07) is 12.2. The second-order valence-corrected chi connectivity index (χ2v) is 10.7. The Hall–Kier alpha value is 1.28. The minimum absolute atomic E-state index is 0. The maximum Gasteiger partial charge on any atom is 1.00 e. The van der Waals surface area contributed by atoms with Gasteiger partial charge in [-0.15, -0.1) is 0 Å². The maximum absolute atomic E-state index is 13.7. The Bertz CT molecular complexity index is 856. The molecular weight excluding hydrogens is 503 g/mol. The van der Waals surface area contributed by atoms with Crippen LogP contribution in [0, 0.1) is 0 Å². The first-order valence-corrected chi connectivity index (χ1v) is 11.7. The van der Waals surface area contributed by atoms with Crippen molar-refractivity contribution in [3.8, 4) is 0 Å². The van der Waals surface area contributed by atoms with Crippen LogP contribution >= 0.6 is 35.3 Å². The van der Waals surface area contributed by atoms with Gasteiger partial charge < -0.3 is 14.4 Å². The molecule has 0 radical (unpaired) electrons. The maximum atomic E-state index is 13.7. The van der Waals surface area contributed by atoms with Gasteiger partial charge in [0, 0.05) is 29.1 Å². The molecule has 0 saturated carbocycles. The molecule has 0 fully saturated rings. The monoisotopic (exact) mass is 522 g/mol. The van der Waals surface area contributed by atoms with Crippen LogP contribution < -0.4 is 68.9 Å². The van der Waals surface area contributed by atoms with E-state index in [1.54, 1.807) is 11.8 Å². The standard InChI is InChI=1S/C19H22BrF2O3PS.2Na/c1-18(2,3)15-7-4-13(5-8-15)11-27-12-14-6-9-16(17(20)10-14)19(21,22)26(23,24)25;;/h4-10H,11-12H2,1-3H3,(H2,23,24,25);;/q;2*+1/p-2.